The van der Waals surface area contributed by atoms with Crippen LogP contribution in [-0.4, -0.2) is 15.0 Å². The van der Waals surface area contributed by atoms with Gasteiger partial charge in [0.25, 0.3) is 0 Å². The molecule has 0 fully saturated rings. The maximum absolute atomic E-state index is 9.83. The fourth-order valence-electron chi connectivity index (χ4n) is 1.45. The molecule has 1 heterocycles. The molecule has 0 saturated carbocycles. The van der Waals surface area contributed by atoms with Gasteiger partial charge in [-0.1, -0.05) is 13.3 Å². The highest BCUT2D eigenvalue weighted by Crippen LogP contribution is 2.15. The van der Waals surface area contributed by atoms with Crippen LogP contribution in [0.4, 0.5) is 0 Å². The fourth-order valence-corrected chi connectivity index (χ4v) is 1.45. The highest BCUT2D eigenvalue weighted by atomic mass is 16.3. The van der Waals surface area contributed by atoms with Gasteiger partial charge in [-0.3, -0.25) is 0 Å². The van der Waals surface area contributed by atoms with Crippen molar-refractivity contribution in [1.29, 1.82) is 0 Å². The Morgan fingerprint density at radius 2 is 2.21 bits per heavy atom. The Kier molecular flexibility index (Phi) is 3.26. The highest BCUT2D eigenvalue weighted by molar-refractivity contribution is 5.01. The van der Waals surface area contributed by atoms with Gasteiger partial charge in [0.05, 0.1) is 5.21 Å². The number of hydrogen-bond donors (Lipinski definition) is 1. The summed E-state index contributed by atoms with van der Waals surface area (Å²) in [5.41, 5.74) is 0.0211. The molecule has 0 aliphatic carbocycles. The van der Waals surface area contributed by atoms with E-state index in [1.54, 1.807) is 18.5 Å². The van der Waals surface area contributed by atoms with Gasteiger partial charge in [0.15, 0.2) is 11.9 Å². The summed E-state index contributed by atoms with van der Waals surface area (Å²) < 4.78 is 3.62. The van der Waals surface area contributed by atoms with Crippen LogP contribution in [0.5, 0.6) is 0 Å². The zero-order chi connectivity index (χ0) is 10.8. The van der Waals surface area contributed by atoms with Gasteiger partial charge in [-0.15, -0.1) is 9.36 Å². The van der Waals surface area contributed by atoms with Crippen LogP contribution in [0.1, 0.15) is 39.3 Å². The number of rotatable bonds is 4. The molecular formula is C10H20N3O+. The zero-order valence-corrected chi connectivity index (χ0v) is 9.49. The Balaban J connectivity index is 2.83. The van der Waals surface area contributed by atoms with E-state index in [1.807, 2.05) is 17.9 Å². The summed E-state index contributed by atoms with van der Waals surface area (Å²) in [4.78, 5) is 0. The zero-order valence-electron chi connectivity index (χ0n) is 9.49. The molecule has 0 unspecified atom stereocenters. The van der Waals surface area contributed by atoms with Crippen LogP contribution in [0.3, 0.4) is 0 Å². The number of unbranched alkanes of at least 4 members (excludes halogenated alkanes) is 1. The minimum Gasteiger partial charge on any atom is -0.382 e. The van der Waals surface area contributed by atoms with Crippen molar-refractivity contribution in [2.45, 2.75) is 45.8 Å². The summed E-state index contributed by atoms with van der Waals surface area (Å²) in [6.07, 6.45) is 4.18. The van der Waals surface area contributed by atoms with Crippen LogP contribution in [0.15, 0.2) is 6.20 Å². The van der Waals surface area contributed by atoms with Crippen LogP contribution in [-0.2, 0) is 19.2 Å². The summed E-state index contributed by atoms with van der Waals surface area (Å²) in [5, 5.41) is 14.1. The monoisotopic (exact) mass is 198 g/mol. The third-order valence-electron chi connectivity index (χ3n) is 2.24. The molecule has 0 spiro atoms. The molecule has 0 aliphatic rings. The first-order valence-corrected chi connectivity index (χ1v) is 5.11. The van der Waals surface area contributed by atoms with E-state index in [2.05, 4.69) is 12.1 Å². The topological polar surface area (TPSA) is 41.9 Å². The lowest BCUT2D eigenvalue weighted by Gasteiger charge is -2.10. The predicted molar refractivity (Wildman–Crippen MR) is 53.6 cm³/mol. The summed E-state index contributed by atoms with van der Waals surface area (Å²) in [7, 11) is 1.86. The number of hydrogen-bond acceptors (Lipinski definition) is 2. The first-order valence-electron chi connectivity index (χ1n) is 5.11. The smallest absolute Gasteiger partial charge is 0.198 e. The van der Waals surface area contributed by atoms with Crippen molar-refractivity contribution in [3.8, 4) is 0 Å². The molecule has 0 aliphatic heterocycles. The molecule has 0 radical (unpaired) electrons. The predicted octanol–water partition coefficient (Wildman–Crippen LogP) is 0.735. The van der Waals surface area contributed by atoms with Crippen molar-refractivity contribution in [3.63, 3.8) is 0 Å². The van der Waals surface area contributed by atoms with Gasteiger partial charge in [-0.2, -0.15) is 0 Å². The average molecular weight is 198 g/mol. The maximum atomic E-state index is 9.83. The molecule has 0 amide bonds. The largest absolute Gasteiger partial charge is 0.382 e. The van der Waals surface area contributed by atoms with Gasteiger partial charge in [0, 0.05) is 0 Å². The molecule has 4 heteroatoms. The second-order valence-corrected chi connectivity index (χ2v) is 4.20. The van der Waals surface area contributed by atoms with E-state index < -0.39 is 5.60 Å². The lowest BCUT2D eigenvalue weighted by molar-refractivity contribution is -0.755. The average Bonchev–Trinajstić information content (AvgIpc) is 2.42. The first-order chi connectivity index (χ1) is 6.45. The first kappa shape index (κ1) is 11.2. The van der Waals surface area contributed by atoms with Crippen LogP contribution < -0.4 is 4.68 Å². The molecule has 0 saturated heterocycles. The second kappa shape index (κ2) is 4.09. The van der Waals surface area contributed by atoms with E-state index in [4.69, 9.17) is 0 Å². The molecule has 1 aromatic rings. The third kappa shape index (κ3) is 2.54. The summed E-state index contributed by atoms with van der Waals surface area (Å²) in [6, 6.07) is 0. The normalized spacial score (nSPS) is 12.1. The standard InChI is InChI=1S/C10H20N3O/c1-5-6-7-13-8-9(10(2,3)14)12(4)11-13/h8,14H,5-7H2,1-4H3/q+1. The minimum atomic E-state index is -0.820. The van der Waals surface area contributed by atoms with E-state index in [-0.39, 0.29) is 0 Å². The molecule has 1 N–H and O–H groups in total. The molecule has 4 nitrogen and oxygen atoms in total. The summed E-state index contributed by atoms with van der Waals surface area (Å²) in [6.45, 7) is 6.61. The Hall–Kier alpha value is -0.900. The van der Waals surface area contributed by atoms with E-state index in [9.17, 15) is 5.11 Å². The highest BCUT2D eigenvalue weighted by Gasteiger charge is 2.27. The molecular weight excluding hydrogens is 178 g/mol. The summed E-state index contributed by atoms with van der Waals surface area (Å²) >= 11 is 0. The van der Waals surface area contributed by atoms with Crippen molar-refractivity contribution in [3.05, 3.63) is 11.9 Å². The van der Waals surface area contributed by atoms with E-state index in [0.29, 0.717) is 0 Å². The van der Waals surface area contributed by atoms with Crippen molar-refractivity contribution in [1.82, 2.24) is 9.90 Å². The molecule has 0 aromatic carbocycles. The van der Waals surface area contributed by atoms with Gasteiger partial charge in [0.1, 0.15) is 19.2 Å². The molecule has 1 rings (SSSR count). The fraction of sp³-hybridized carbons (Fsp3) is 0.800. The third-order valence-corrected chi connectivity index (χ3v) is 2.24. The molecule has 0 bridgehead atoms. The quantitative estimate of drug-likeness (QED) is 0.725. The second-order valence-electron chi connectivity index (χ2n) is 4.20. The van der Waals surface area contributed by atoms with Crippen LogP contribution in [0.25, 0.3) is 0 Å². The number of aromatic nitrogens is 3. The van der Waals surface area contributed by atoms with Crippen molar-refractivity contribution < 1.29 is 9.79 Å². The Morgan fingerprint density at radius 1 is 1.57 bits per heavy atom. The Morgan fingerprint density at radius 3 is 2.64 bits per heavy atom. The van der Waals surface area contributed by atoms with Gasteiger partial charge in [-0.25, -0.2) is 0 Å². The Bertz CT molecular complexity index is 299. The molecule has 1 aromatic heterocycles. The van der Waals surface area contributed by atoms with Crippen molar-refractivity contribution >= 4 is 0 Å². The lowest BCUT2D eigenvalue weighted by atomic mass is 10.1. The van der Waals surface area contributed by atoms with Crippen LogP contribution in [0.2, 0.25) is 0 Å². The van der Waals surface area contributed by atoms with Crippen molar-refractivity contribution in [2.24, 2.45) is 7.05 Å². The number of aryl methyl sites for hydroxylation is 2. The van der Waals surface area contributed by atoms with Crippen LogP contribution in [0, 0.1) is 0 Å². The van der Waals surface area contributed by atoms with Gasteiger partial charge >= 0.3 is 0 Å². The molecule has 14 heavy (non-hydrogen) atoms. The SMILES string of the molecule is CCCC[n+]1cc(C(C)(C)O)n(C)n1. The Labute approximate surface area is 85.2 Å². The van der Waals surface area contributed by atoms with Gasteiger partial charge in [-0.05, 0) is 20.3 Å². The minimum absolute atomic E-state index is 0.820. The lowest BCUT2D eigenvalue weighted by Crippen LogP contribution is -2.35. The van der Waals surface area contributed by atoms with Crippen LogP contribution >= 0.6 is 0 Å². The van der Waals surface area contributed by atoms with Gasteiger partial charge in [0.2, 0.25) is 0 Å². The maximum Gasteiger partial charge on any atom is 0.198 e. The van der Waals surface area contributed by atoms with E-state index in [0.717, 1.165) is 25.1 Å². The number of nitrogens with zero attached hydrogens (tertiary/aromatic N) is 3. The molecule has 80 valence electrons. The van der Waals surface area contributed by atoms with Crippen molar-refractivity contribution in [2.75, 3.05) is 0 Å². The number of aliphatic hydroxyl groups is 1. The van der Waals surface area contributed by atoms with Gasteiger partial charge < -0.3 is 5.11 Å². The van der Waals surface area contributed by atoms with E-state index >= 15 is 0 Å². The van der Waals surface area contributed by atoms with E-state index in [1.165, 1.54) is 0 Å². The summed E-state index contributed by atoms with van der Waals surface area (Å²) in [5.74, 6) is 0. The molecule has 0 atom stereocenters.